The van der Waals surface area contributed by atoms with Gasteiger partial charge < -0.3 is 0 Å². The Labute approximate surface area is 158 Å². The van der Waals surface area contributed by atoms with Crippen molar-refractivity contribution in [2.24, 2.45) is 0 Å². The highest BCUT2D eigenvalue weighted by molar-refractivity contribution is 7.98. The number of thioether (sulfide) groups is 1. The maximum Gasteiger partial charge on any atom is 0.277 e. The molecular weight excluding hydrogens is 376 g/mol. The minimum Gasteiger partial charge on any atom is -0.296 e. The number of hydrogen-bond acceptors (Lipinski definition) is 6. The summed E-state index contributed by atoms with van der Waals surface area (Å²) in [5.74, 6) is -0.399. The molecule has 0 unspecified atom stereocenters. The van der Waals surface area contributed by atoms with Gasteiger partial charge in [0, 0.05) is 10.9 Å². The van der Waals surface area contributed by atoms with E-state index in [9.17, 15) is 4.79 Å². The number of carbonyl (C=O) groups is 1. The summed E-state index contributed by atoms with van der Waals surface area (Å²) in [6.45, 7) is 4.13. The lowest BCUT2D eigenvalue weighted by atomic mass is 10.1. The molecule has 0 bridgehead atoms. The Bertz CT molecular complexity index is 942. The maximum absolute atomic E-state index is 12.4. The lowest BCUT2D eigenvalue weighted by Crippen LogP contribution is -2.15. The summed E-state index contributed by atoms with van der Waals surface area (Å²) < 4.78 is 0. The SMILES string of the molecule is CSc1ncc(Cl)c(C(=O)Nc2nc(-c3ccc(C)c(C)c3)cs2)n1. The first-order valence-electron chi connectivity index (χ1n) is 7.39. The molecule has 0 aliphatic heterocycles. The molecule has 1 aromatic carbocycles. The van der Waals surface area contributed by atoms with Crippen molar-refractivity contribution >= 4 is 45.7 Å². The molecule has 5 nitrogen and oxygen atoms in total. The number of aromatic nitrogens is 3. The number of carbonyl (C=O) groups excluding carboxylic acids is 1. The molecule has 128 valence electrons. The lowest BCUT2D eigenvalue weighted by Gasteiger charge is -2.04. The quantitative estimate of drug-likeness (QED) is 0.509. The molecule has 0 radical (unpaired) electrons. The summed E-state index contributed by atoms with van der Waals surface area (Å²) >= 11 is 8.74. The van der Waals surface area contributed by atoms with Crippen molar-refractivity contribution in [2.45, 2.75) is 19.0 Å². The number of thiazole rings is 1. The second-order valence-electron chi connectivity index (χ2n) is 5.34. The predicted molar refractivity (Wildman–Crippen MR) is 104 cm³/mol. The van der Waals surface area contributed by atoms with Crippen LogP contribution in [0, 0.1) is 13.8 Å². The fraction of sp³-hybridized carbons (Fsp3) is 0.176. The third-order valence-electron chi connectivity index (χ3n) is 3.65. The van der Waals surface area contributed by atoms with Crippen LogP contribution in [0.4, 0.5) is 5.13 Å². The van der Waals surface area contributed by atoms with Crippen LogP contribution in [0.2, 0.25) is 5.02 Å². The number of anilines is 1. The van der Waals surface area contributed by atoms with Crippen LogP contribution in [0.1, 0.15) is 21.6 Å². The third-order valence-corrected chi connectivity index (χ3v) is 5.24. The Hall–Kier alpha value is -1.96. The number of halogens is 1. The average Bonchev–Trinajstić information content (AvgIpc) is 3.06. The fourth-order valence-electron chi connectivity index (χ4n) is 2.13. The Morgan fingerprint density at radius 1 is 1.24 bits per heavy atom. The standard InChI is InChI=1S/C17H15ClN4OS2/c1-9-4-5-11(6-10(9)2)13-8-25-17(20-13)22-15(23)14-12(18)7-19-16(21-14)24-3/h4-8H,1-3H3,(H,20,22,23). The fourth-order valence-corrected chi connectivity index (χ4v) is 3.36. The molecule has 0 aliphatic rings. The summed E-state index contributed by atoms with van der Waals surface area (Å²) in [5, 5.41) is 5.86. The first kappa shape index (κ1) is 17.8. The van der Waals surface area contributed by atoms with E-state index in [1.807, 2.05) is 17.7 Å². The second-order valence-corrected chi connectivity index (χ2v) is 7.38. The van der Waals surface area contributed by atoms with E-state index < -0.39 is 5.91 Å². The van der Waals surface area contributed by atoms with E-state index in [4.69, 9.17) is 11.6 Å². The normalized spacial score (nSPS) is 10.7. The molecule has 1 N–H and O–H groups in total. The predicted octanol–water partition coefficient (Wildman–Crippen LogP) is 4.84. The topological polar surface area (TPSA) is 67.8 Å². The van der Waals surface area contributed by atoms with E-state index in [2.05, 4.69) is 46.2 Å². The van der Waals surface area contributed by atoms with Crippen molar-refractivity contribution in [2.75, 3.05) is 11.6 Å². The van der Waals surface area contributed by atoms with E-state index in [0.29, 0.717) is 10.3 Å². The summed E-state index contributed by atoms with van der Waals surface area (Å²) in [7, 11) is 0. The van der Waals surface area contributed by atoms with Crippen molar-refractivity contribution in [3.63, 3.8) is 0 Å². The summed E-state index contributed by atoms with van der Waals surface area (Å²) in [6, 6.07) is 6.17. The number of nitrogens with zero attached hydrogens (tertiary/aromatic N) is 3. The van der Waals surface area contributed by atoms with Crippen molar-refractivity contribution in [3.05, 3.63) is 51.6 Å². The van der Waals surface area contributed by atoms with Crippen LogP contribution in [0.3, 0.4) is 0 Å². The highest BCUT2D eigenvalue weighted by Crippen LogP contribution is 2.27. The lowest BCUT2D eigenvalue weighted by molar-refractivity contribution is 0.102. The molecule has 0 saturated heterocycles. The minimum atomic E-state index is -0.399. The molecule has 2 heterocycles. The first-order chi connectivity index (χ1) is 12.0. The van der Waals surface area contributed by atoms with Crippen LogP contribution in [0.25, 0.3) is 11.3 Å². The van der Waals surface area contributed by atoms with Gasteiger partial charge in [0.05, 0.1) is 16.9 Å². The number of aryl methyl sites for hydroxylation is 2. The zero-order valence-corrected chi connectivity index (χ0v) is 16.2. The summed E-state index contributed by atoms with van der Waals surface area (Å²) in [5.41, 5.74) is 4.42. The van der Waals surface area contributed by atoms with Gasteiger partial charge in [-0.2, -0.15) is 0 Å². The van der Waals surface area contributed by atoms with Crippen molar-refractivity contribution in [1.82, 2.24) is 15.0 Å². The highest BCUT2D eigenvalue weighted by Gasteiger charge is 2.16. The number of hydrogen-bond donors (Lipinski definition) is 1. The maximum atomic E-state index is 12.4. The Kier molecular flexibility index (Phi) is 5.36. The van der Waals surface area contributed by atoms with Crippen molar-refractivity contribution < 1.29 is 4.79 Å². The monoisotopic (exact) mass is 390 g/mol. The van der Waals surface area contributed by atoms with Gasteiger partial charge in [-0.25, -0.2) is 15.0 Å². The zero-order valence-electron chi connectivity index (χ0n) is 13.8. The Morgan fingerprint density at radius 3 is 2.76 bits per heavy atom. The van der Waals surface area contributed by atoms with E-state index in [0.717, 1.165) is 11.3 Å². The molecule has 3 rings (SSSR count). The molecule has 2 aromatic heterocycles. The van der Waals surface area contributed by atoms with E-state index in [-0.39, 0.29) is 10.7 Å². The van der Waals surface area contributed by atoms with E-state index in [1.54, 1.807) is 0 Å². The summed E-state index contributed by atoms with van der Waals surface area (Å²) in [6.07, 6.45) is 3.26. The van der Waals surface area contributed by atoms with Gasteiger partial charge in [0.2, 0.25) is 0 Å². The first-order valence-corrected chi connectivity index (χ1v) is 9.87. The number of benzene rings is 1. The zero-order chi connectivity index (χ0) is 18.0. The third kappa shape index (κ3) is 4.00. The van der Waals surface area contributed by atoms with Crippen LogP contribution < -0.4 is 5.32 Å². The molecular formula is C17H15ClN4OS2. The molecule has 1 amide bonds. The molecule has 0 spiro atoms. The highest BCUT2D eigenvalue weighted by atomic mass is 35.5. The molecule has 0 saturated carbocycles. The van der Waals surface area contributed by atoms with Gasteiger partial charge in [0.1, 0.15) is 0 Å². The molecule has 3 aromatic rings. The van der Waals surface area contributed by atoms with Gasteiger partial charge in [0.25, 0.3) is 5.91 Å². The Morgan fingerprint density at radius 2 is 2.04 bits per heavy atom. The van der Waals surface area contributed by atoms with E-state index in [1.165, 1.54) is 40.4 Å². The van der Waals surface area contributed by atoms with Crippen molar-refractivity contribution in [1.29, 1.82) is 0 Å². The largest absolute Gasteiger partial charge is 0.296 e. The molecule has 0 fully saturated rings. The van der Waals surface area contributed by atoms with Crippen LogP contribution in [-0.2, 0) is 0 Å². The summed E-state index contributed by atoms with van der Waals surface area (Å²) in [4.78, 5) is 25.1. The molecule has 25 heavy (non-hydrogen) atoms. The second kappa shape index (κ2) is 7.51. The molecule has 0 aliphatic carbocycles. The van der Waals surface area contributed by atoms with Crippen LogP contribution >= 0.6 is 34.7 Å². The Balaban J connectivity index is 1.81. The van der Waals surface area contributed by atoms with Gasteiger partial charge in [-0.05, 0) is 37.3 Å². The van der Waals surface area contributed by atoms with Crippen LogP contribution in [0.5, 0.6) is 0 Å². The van der Waals surface area contributed by atoms with Gasteiger partial charge in [-0.1, -0.05) is 35.5 Å². The van der Waals surface area contributed by atoms with E-state index >= 15 is 0 Å². The average molecular weight is 391 g/mol. The van der Waals surface area contributed by atoms with Crippen molar-refractivity contribution in [3.8, 4) is 11.3 Å². The van der Waals surface area contributed by atoms with Gasteiger partial charge >= 0.3 is 0 Å². The number of nitrogens with one attached hydrogen (secondary N) is 1. The van der Waals surface area contributed by atoms with Crippen LogP contribution in [-0.4, -0.2) is 27.1 Å². The van der Waals surface area contributed by atoms with Gasteiger partial charge in [-0.3, -0.25) is 10.1 Å². The smallest absolute Gasteiger partial charge is 0.277 e. The minimum absolute atomic E-state index is 0.143. The van der Waals surface area contributed by atoms with Crippen LogP contribution in [0.15, 0.2) is 34.9 Å². The molecule has 8 heteroatoms. The molecule has 0 atom stereocenters. The number of rotatable bonds is 4. The number of amides is 1. The van der Waals surface area contributed by atoms with Gasteiger partial charge in [0.15, 0.2) is 16.0 Å². The van der Waals surface area contributed by atoms with Gasteiger partial charge in [-0.15, -0.1) is 11.3 Å².